The molecule has 0 bridgehead atoms. The van der Waals surface area contributed by atoms with E-state index < -0.39 is 109 Å². The molecule has 2 fully saturated rings. The van der Waals surface area contributed by atoms with Gasteiger partial charge in [-0.15, -0.1) is 0 Å². The highest BCUT2D eigenvalue weighted by Gasteiger charge is 2.53. The van der Waals surface area contributed by atoms with Gasteiger partial charge in [0.25, 0.3) is 0 Å². The molecule has 6 atom stereocenters. The summed E-state index contributed by atoms with van der Waals surface area (Å²) in [5.41, 5.74) is -6.71. The summed E-state index contributed by atoms with van der Waals surface area (Å²) >= 11 is 0. The minimum absolute atomic E-state index is 0.152. The second-order valence-electron chi connectivity index (χ2n) is 13.1. The van der Waals surface area contributed by atoms with Crippen LogP contribution in [-0.4, -0.2) is 43.2 Å². The molecule has 6 rings (SSSR count). The van der Waals surface area contributed by atoms with E-state index in [-0.39, 0.29) is 49.6 Å². The van der Waals surface area contributed by atoms with Crippen LogP contribution in [0.1, 0.15) is 46.6 Å². The first-order chi connectivity index (χ1) is 27.1. The van der Waals surface area contributed by atoms with Gasteiger partial charge in [-0.1, -0.05) is 60.7 Å². The monoisotopic (exact) mass is 855 g/mol. The van der Waals surface area contributed by atoms with Crippen LogP contribution in [0.5, 0.6) is 0 Å². The van der Waals surface area contributed by atoms with E-state index in [1.54, 1.807) is 60.7 Å². The largest absolute Gasteiger partial charge is 0.416 e. The van der Waals surface area contributed by atoms with Gasteiger partial charge in [-0.3, -0.25) is 4.79 Å². The average molecular weight is 856 g/mol. The number of hydrogen-bond acceptors (Lipinski definition) is 6. The van der Waals surface area contributed by atoms with E-state index in [0.29, 0.717) is 11.1 Å². The fourth-order valence-electron chi connectivity index (χ4n) is 6.26. The Hall–Kier alpha value is -4.26. The molecule has 0 radical (unpaired) electrons. The Kier molecular flexibility index (Phi) is 12.5. The van der Waals surface area contributed by atoms with Gasteiger partial charge >= 0.3 is 24.7 Å². The molecule has 4 aromatic carbocycles. The summed E-state index contributed by atoms with van der Waals surface area (Å²) in [5, 5.41) is 0.378. The average Bonchev–Trinajstić information content (AvgIpc) is 3.15. The smallest absolute Gasteiger partial charge is 0.346 e. The SMILES string of the molecule is CC(=O)N[C@H]1[C@@H](OCc2ccccc2)O[C@@H]2COC(c3ccccc3)O[C@H]2[C@H]1OP(c1cc(C(F)(F)F)cc(C(F)(F)F)c1)c1cc(C(F)(F)F)cc(C(F)(F)F)c1. The molecule has 1 amide bonds. The Balaban J connectivity index is 1.56. The fraction of sp³-hybridized carbons (Fsp3) is 0.342. The van der Waals surface area contributed by atoms with Crippen LogP contribution in [0.3, 0.4) is 0 Å². The maximum atomic E-state index is 14.2. The lowest BCUT2D eigenvalue weighted by Gasteiger charge is -2.50. The van der Waals surface area contributed by atoms with Crippen molar-refractivity contribution in [3.8, 4) is 0 Å². The first kappa shape index (κ1) is 43.3. The molecule has 4 aromatic rings. The van der Waals surface area contributed by atoms with Gasteiger partial charge in [0.15, 0.2) is 12.6 Å². The molecular weight excluding hydrogens is 825 g/mol. The number of halogens is 12. The van der Waals surface area contributed by atoms with Crippen LogP contribution >= 0.6 is 8.15 Å². The molecule has 0 aromatic heterocycles. The molecule has 1 N–H and O–H groups in total. The minimum Gasteiger partial charge on any atom is -0.346 e. The maximum absolute atomic E-state index is 14.2. The van der Waals surface area contributed by atoms with Crippen LogP contribution < -0.4 is 15.9 Å². The van der Waals surface area contributed by atoms with Crippen molar-refractivity contribution in [1.29, 1.82) is 0 Å². The standard InChI is InChI=1S/C38H30F12NO6P/c1-20(52)51-30-32(31-29(19-54-33(56-31)22-10-6-3-7-11-22)55-34(30)53-18-21-8-4-2-5-9-21)57-58(27-14-23(35(39,40)41)12-24(15-27)36(42,43)44)28-16-25(37(45,46)47)13-26(17-28)38(48,49)50/h2-17,29-34H,18-19H2,1H3,(H,51,52)/t29-,30-,31-,32+,33?,34+/m1/s1. The van der Waals surface area contributed by atoms with E-state index in [1.807, 2.05) is 0 Å². The number of fused-ring (bicyclic) bond motifs is 1. The summed E-state index contributed by atoms with van der Waals surface area (Å²) in [6.07, 6.45) is -29.3. The molecular formula is C38H30F12NO6P. The van der Waals surface area contributed by atoms with Crippen LogP contribution in [-0.2, 0) is 59.6 Å². The summed E-state index contributed by atoms with van der Waals surface area (Å²) in [6.45, 7) is 0.492. The van der Waals surface area contributed by atoms with Crippen LogP contribution in [0, 0.1) is 0 Å². The molecule has 58 heavy (non-hydrogen) atoms. The Morgan fingerprint density at radius 2 is 1.16 bits per heavy atom. The number of hydrogen-bond donors (Lipinski definition) is 1. The van der Waals surface area contributed by atoms with E-state index in [9.17, 15) is 57.5 Å². The van der Waals surface area contributed by atoms with Crippen molar-refractivity contribution in [2.45, 2.75) is 75.2 Å². The van der Waals surface area contributed by atoms with E-state index in [4.69, 9.17) is 23.5 Å². The molecule has 2 aliphatic heterocycles. The lowest BCUT2D eigenvalue weighted by molar-refractivity contribution is -0.342. The number of amides is 1. The van der Waals surface area contributed by atoms with E-state index in [0.717, 1.165) is 6.92 Å². The van der Waals surface area contributed by atoms with Crippen LogP contribution in [0.15, 0.2) is 97.1 Å². The number of ether oxygens (including phenoxy) is 4. The second-order valence-corrected chi connectivity index (χ2v) is 15.0. The van der Waals surface area contributed by atoms with Crippen LogP contribution in [0.25, 0.3) is 0 Å². The van der Waals surface area contributed by atoms with Gasteiger partial charge in [0.1, 0.15) is 24.4 Å². The fourth-order valence-corrected chi connectivity index (χ4v) is 8.32. The Morgan fingerprint density at radius 3 is 1.60 bits per heavy atom. The molecule has 7 nitrogen and oxygen atoms in total. The van der Waals surface area contributed by atoms with Crippen molar-refractivity contribution < 1.29 is 81.0 Å². The molecule has 0 saturated carbocycles. The third kappa shape index (κ3) is 10.3. The minimum atomic E-state index is -5.48. The maximum Gasteiger partial charge on any atom is 0.416 e. The first-order valence-electron chi connectivity index (χ1n) is 17.0. The van der Waals surface area contributed by atoms with Crippen molar-refractivity contribution in [2.75, 3.05) is 6.61 Å². The summed E-state index contributed by atoms with van der Waals surface area (Å²) < 4.78 is 201. The van der Waals surface area contributed by atoms with Crippen molar-refractivity contribution in [2.24, 2.45) is 0 Å². The van der Waals surface area contributed by atoms with Gasteiger partial charge in [0.2, 0.25) is 5.91 Å². The van der Waals surface area contributed by atoms with Gasteiger partial charge in [0.05, 0.1) is 43.6 Å². The molecule has 2 saturated heterocycles. The molecule has 0 aliphatic carbocycles. The molecule has 312 valence electrons. The van der Waals surface area contributed by atoms with Crippen molar-refractivity contribution in [1.82, 2.24) is 5.32 Å². The zero-order valence-corrected chi connectivity index (χ0v) is 30.4. The molecule has 1 unspecified atom stereocenters. The molecule has 2 aliphatic rings. The van der Waals surface area contributed by atoms with E-state index in [1.165, 1.54) is 0 Å². The highest BCUT2D eigenvalue weighted by atomic mass is 31.1. The zero-order chi connectivity index (χ0) is 42.2. The van der Waals surface area contributed by atoms with Gasteiger partial charge in [-0.2, -0.15) is 52.7 Å². The Bertz CT molecular complexity index is 1910. The summed E-state index contributed by atoms with van der Waals surface area (Å²) in [6, 6.07) is 14.9. The Morgan fingerprint density at radius 1 is 0.690 bits per heavy atom. The third-order valence-corrected chi connectivity index (χ3v) is 10.8. The lowest BCUT2D eigenvalue weighted by atomic mass is 9.95. The number of rotatable bonds is 9. The molecule has 20 heteroatoms. The number of alkyl halides is 12. The van der Waals surface area contributed by atoms with Crippen LogP contribution in [0.2, 0.25) is 0 Å². The number of carbonyl (C=O) groups excluding carboxylic acids is 1. The number of benzene rings is 4. The van der Waals surface area contributed by atoms with Crippen molar-refractivity contribution in [3.63, 3.8) is 0 Å². The summed E-state index contributed by atoms with van der Waals surface area (Å²) in [5.74, 6) is -0.804. The third-order valence-electron chi connectivity index (χ3n) is 8.88. The Labute approximate surface area is 323 Å². The number of nitrogens with one attached hydrogen (secondary N) is 1. The number of carbonyl (C=O) groups is 1. The molecule has 0 spiro atoms. The summed E-state index contributed by atoms with van der Waals surface area (Å²) in [7, 11) is -3.54. The normalized spacial score (nSPS) is 23.1. The van der Waals surface area contributed by atoms with Gasteiger partial charge in [0, 0.05) is 23.1 Å². The quantitative estimate of drug-likeness (QED) is 0.134. The highest BCUT2D eigenvalue weighted by Crippen LogP contribution is 2.48. The predicted octanol–water partition coefficient (Wildman–Crippen LogP) is 9.06. The molecule has 2 heterocycles. The van der Waals surface area contributed by atoms with Gasteiger partial charge < -0.3 is 28.8 Å². The zero-order valence-electron chi connectivity index (χ0n) is 29.5. The van der Waals surface area contributed by atoms with Crippen molar-refractivity contribution in [3.05, 3.63) is 130 Å². The van der Waals surface area contributed by atoms with Crippen molar-refractivity contribution >= 4 is 24.7 Å². The predicted molar refractivity (Wildman–Crippen MR) is 181 cm³/mol. The second kappa shape index (κ2) is 16.8. The van der Waals surface area contributed by atoms with E-state index in [2.05, 4.69) is 5.32 Å². The lowest BCUT2D eigenvalue weighted by Crippen LogP contribution is -2.67. The highest BCUT2D eigenvalue weighted by molar-refractivity contribution is 7.68. The topological polar surface area (TPSA) is 75.3 Å². The summed E-state index contributed by atoms with van der Waals surface area (Å²) in [4.78, 5) is 12.7. The van der Waals surface area contributed by atoms with Gasteiger partial charge in [-0.05, 0) is 42.0 Å². The van der Waals surface area contributed by atoms with E-state index >= 15 is 0 Å². The van der Waals surface area contributed by atoms with Gasteiger partial charge in [-0.25, -0.2) is 0 Å². The first-order valence-corrected chi connectivity index (χ1v) is 18.3. The van der Waals surface area contributed by atoms with Crippen LogP contribution in [0.4, 0.5) is 52.7 Å².